The predicted molar refractivity (Wildman–Crippen MR) is 136 cm³/mol. The van der Waals surface area contributed by atoms with Gasteiger partial charge < -0.3 is 9.88 Å². The molecule has 170 valence electrons. The van der Waals surface area contributed by atoms with E-state index in [9.17, 15) is 4.79 Å². The van der Waals surface area contributed by atoms with Crippen molar-refractivity contribution in [3.8, 4) is 0 Å². The Morgan fingerprint density at radius 2 is 1.73 bits per heavy atom. The summed E-state index contributed by atoms with van der Waals surface area (Å²) in [6.45, 7) is 6.99. The summed E-state index contributed by atoms with van der Waals surface area (Å²) in [6.07, 6.45) is 0. The van der Waals surface area contributed by atoms with Gasteiger partial charge in [0, 0.05) is 4.88 Å². The maximum atomic E-state index is 13.0. The Bertz CT molecular complexity index is 1170. The Labute approximate surface area is 203 Å². The van der Waals surface area contributed by atoms with E-state index in [2.05, 4.69) is 76.4 Å². The van der Waals surface area contributed by atoms with Gasteiger partial charge in [0.25, 0.3) is 0 Å². The Morgan fingerprint density at radius 1 is 1.00 bits per heavy atom. The first-order valence-corrected chi connectivity index (χ1v) is 12.9. The van der Waals surface area contributed by atoms with Crippen LogP contribution in [0.5, 0.6) is 0 Å². The number of rotatable bonds is 9. The highest BCUT2D eigenvalue weighted by Gasteiger charge is 2.19. The molecule has 0 bridgehead atoms. The van der Waals surface area contributed by atoms with Crippen molar-refractivity contribution in [3.05, 3.63) is 99.5 Å². The molecular formula is C26H28N4OS2. The summed E-state index contributed by atoms with van der Waals surface area (Å²) in [6, 6.07) is 22.7. The van der Waals surface area contributed by atoms with Crippen LogP contribution >= 0.6 is 23.1 Å². The van der Waals surface area contributed by atoms with Crippen molar-refractivity contribution in [1.82, 2.24) is 20.1 Å². The van der Waals surface area contributed by atoms with Crippen LogP contribution in [0.3, 0.4) is 0 Å². The van der Waals surface area contributed by atoms with Crippen molar-refractivity contribution < 1.29 is 4.79 Å². The van der Waals surface area contributed by atoms with Gasteiger partial charge in [-0.15, -0.1) is 21.5 Å². The Hall–Kier alpha value is -2.90. The second kappa shape index (κ2) is 10.8. The van der Waals surface area contributed by atoms with E-state index < -0.39 is 0 Å². The number of benzene rings is 2. The smallest absolute Gasteiger partial charge is 0.231 e. The minimum Gasteiger partial charge on any atom is -0.344 e. The lowest BCUT2D eigenvalue weighted by Gasteiger charge is -2.19. The fourth-order valence-electron chi connectivity index (χ4n) is 3.60. The normalized spacial score (nSPS) is 12.1. The summed E-state index contributed by atoms with van der Waals surface area (Å²) in [4.78, 5) is 14.1. The third-order valence-electron chi connectivity index (χ3n) is 5.49. The molecule has 0 fully saturated rings. The number of nitrogens with one attached hydrogen (secondary N) is 1. The average Bonchev–Trinajstić information content (AvgIpc) is 3.48. The molecule has 1 amide bonds. The number of carbonyl (C=O) groups excluding carboxylic acids is 1. The van der Waals surface area contributed by atoms with Crippen LogP contribution in [0, 0.1) is 6.92 Å². The highest BCUT2D eigenvalue weighted by Crippen LogP contribution is 2.28. The topological polar surface area (TPSA) is 59.8 Å². The highest BCUT2D eigenvalue weighted by molar-refractivity contribution is 7.99. The number of aryl methyl sites for hydroxylation is 1. The molecule has 0 aliphatic carbocycles. The molecule has 0 saturated carbocycles. The second-order valence-electron chi connectivity index (χ2n) is 8.23. The third kappa shape index (κ3) is 5.92. The van der Waals surface area contributed by atoms with Crippen LogP contribution in [-0.2, 0) is 11.3 Å². The first-order chi connectivity index (χ1) is 16.0. The van der Waals surface area contributed by atoms with E-state index in [1.54, 1.807) is 11.3 Å². The van der Waals surface area contributed by atoms with Gasteiger partial charge in [-0.25, -0.2) is 0 Å². The minimum atomic E-state index is -0.164. The zero-order valence-corrected chi connectivity index (χ0v) is 20.7. The van der Waals surface area contributed by atoms with E-state index in [-0.39, 0.29) is 17.7 Å². The number of hydrogen-bond donors (Lipinski definition) is 1. The summed E-state index contributed by atoms with van der Waals surface area (Å²) in [5, 5.41) is 14.5. The largest absolute Gasteiger partial charge is 0.344 e. The number of amides is 1. The molecule has 4 rings (SSSR count). The summed E-state index contributed by atoms with van der Waals surface area (Å²) in [5.74, 6) is 1.56. The van der Waals surface area contributed by atoms with Gasteiger partial charge in [-0.1, -0.05) is 86.3 Å². The van der Waals surface area contributed by atoms with E-state index in [0.717, 1.165) is 21.4 Å². The molecule has 0 radical (unpaired) electrons. The third-order valence-corrected chi connectivity index (χ3v) is 7.39. The molecular weight excluding hydrogens is 448 g/mol. The monoisotopic (exact) mass is 476 g/mol. The van der Waals surface area contributed by atoms with Gasteiger partial charge in [-0.05, 0) is 41.0 Å². The molecule has 1 unspecified atom stereocenters. The Morgan fingerprint density at radius 3 is 2.39 bits per heavy atom. The molecule has 1 atom stereocenters. The van der Waals surface area contributed by atoms with Crippen LogP contribution in [0.2, 0.25) is 0 Å². The van der Waals surface area contributed by atoms with Gasteiger partial charge >= 0.3 is 0 Å². The molecule has 0 aliphatic rings. The SMILES string of the molecule is Cc1nnc(SCC(=O)NC(c2ccc(C(C)C)cc2)c2cccs2)n1Cc1ccccc1. The zero-order chi connectivity index (χ0) is 23.2. The summed E-state index contributed by atoms with van der Waals surface area (Å²) < 4.78 is 2.05. The van der Waals surface area contributed by atoms with E-state index in [1.165, 1.54) is 22.9 Å². The fourth-order valence-corrected chi connectivity index (χ4v) is 5.19. The molecule has 2 aromatic heterocycles. The number of aromatic nitrogens is 3. The van der Waals surface area contributed by atoms with Gasteiger partial charge in [-0.2, -0.15) is 0 Å². The predicted octanol–water partition coefficient (Wildman–Crippen LogP) is 5.82. The van der Waals surface area contributed by atoms with Crippen LogP contribution in [-0.4, -0.2) is 26.4 Å². The van der Waals surface area contributed by atoms with Gasteiger partial charge in [0.05, 0.1) is 18.3 Å². The molecule has 2 heterocycles. The van der Waals surface area contributed by atoms with E-state index in [4.69, 9.17) is 0 Å². The molecule has 0 aliphatic heterocycles. The van der Waals surface area contributed by atoms with Crippen molar-refractivity contribution in [3.63, 3.8) is 0 Å². The molecule has 0 spiro atoms. The van der Waals surface area contributed by atoms with Crippen LogP contribution in [0.1, 0.15) is 53.2 Å². The summed E-state index contributed by atoms with van der Waals surface area (Å²) >= 11 is 3.07. The molecule has 0 saturated heterocycles. The van der Waals surface area contributed by atoms with Crippen molar-refractivity contribution >= 4 is 29.0 Å². The molecule has 2 aromatic carbocycles. The van der Waals surface area contributed by atoms with Crippen molar-refractivity contribution in [2.45, 2.75) is 44.4 Å². The van der Waals surface area contributed by atoms with Crippen LogP contribution in [0.25, 0.3) is 0 Å². The second-order valence-corrected chi connectivity index (χ2v) is 10.1. The Balaban J connectivity index is 1.45. The van der Waals surface area contributed by atoms with Crippen molar-refractivity contribution in [2.75, 3.05) is 5.75 Å². The van der Waals surface area contributed by atoms with Crippen LogP contribution in [0.4, 0.5) is 0 Å². The standard InChI is InChI=1S/C26H28N4OS2/c1-18(2)21-11-13-22(14-12-21)25(23-10-7-15-32-23)27-24(31)17-33-26-29-28-19(3)30(26)16-20-8-5-4-6-9-20/h4-15,18,25H,16-17H2,1-3H3,(H,27,31). The molecule has 33 heavy (non-hydrogen) atoms. The number of thiophene rings is 1. The number of thioether (sulfide) groups is 1. The van der Waals surface area contributed by atoms with Crippen molar-refractivity contribution in [1.29, 1.82) is 0 Å². The van der Waals surface area contributed by atoms with Crippen LogP contribution in [0.15, 0.2) is 77.3 Å². The lowest BCUT2D eigenvalue weighted by Crippen LogP contribution is -2.30. The Kier molecular flexibility index (Phi) is 7.62. The minimum absolute atomic E-state index is 0.0294. The maximum Gasteiger partial charge on any atom is 0.231 e. The lowest BCUT2D eigenvalue weighted by molar-refractivity contribution is -0.119. The quantitative estimate of drug-likeness (QED) is 0.309. The van der Waals surface area contributed by atoms with Crippen molar-refractivity contribution in [2.24, 2.45) is 0 Å². The van der Waals surface area contributed by atoms with E-state index >= 15 is 0 Å². The molecule has 1 N–H and O–H groups in total. The summed E-state index contributed by atoms with van der Waals surface area (Å²) in [7, 11) is 0. The highest BCUT2D eigenvalue weighted by atomic mass is 32.2. The van der Waals surface area contributed by atoms with Gasteiger partial charge in [0.1, 0.15) is 5.82 Å². The summed E-state index contributed by atoms with van der Waals surface area (Å²) in [5.41, 5.74) is 3.55. The number of hydrogen-bond acceptors (Lipinski definition) is 5. The maximum absolute atomic E-state index is 13.0. The number of carbonyl (C=O) groups is 1. The molecule has 7 heteroatoms. The van der Waals surface area contributed by atoms with Gasteiger partial charge in [0.2, 0.25) is 5.91 Å². The average molecular weight is 477 g/mol. The molecule has 4 aromatic rings. The van der Waals surface area contributed by atoms with E-state index in [0.29, 0.717) is 12.5 Å². The van der Waals surface area contributed by atoms with Crippen LogP contribution < -0.4 is 5.32 Å². The zero-order valence-electron chi connectivity index (χ0n) is 19.1. The van der Waals surface area contributed by atoms with E-state index in [1.807, 2.05) is 36.6 Å². The first-order valence-electron chi connectivity index (χ1n) is 11.0. The van der Waals surface area contributed by atoms with Gasteiger partial charge in [-0.3, -0.25) is 4.79 Å². The number of nitrogens with zero attached hydrogens (tertiary/aromatic N) is 3. The fraction of sp³-hybridized carbons (Fsp3) is 0.269. The molecule has 5 nitrogen and oxygen atoms in total. The first kappa shape index (κ1) is 23.3. The lowest BCUT2D eigenvalue weighted by atomic mass is 9.98. The van der Waals surface area contributed by atoms with Gasteiger partial charge in [0.15, 0.2) is 5.16 Å².